The summed E-state index contributed by atoms with van der Waals surface area (Å²) in [5, 5.41) is 24.3. The molecule has 72 valence electrons. The van der Waals surface area contributed by atoms with Gasteiger partial charge in [0.05, 0.1) is 11.5 Å². The molecule has 0 aromatic rings. The van der Waals surface area contributed by atoms with Crippen molar-refractivity contribution in [3.05, 3.63) is 0 Å². The van der Waals surface area contributed by atoms with E-state index in [4.69, 9.17) is 15.5 Å². The molecular formula is C6H13NO5. The van der Waals surface area contributed by atoms with Crippen LogP contribution in [0, 0.1) is 0 Å². The van der Waals surface area contributed by atoms with Crippen LogP contribution >= 0.6 is 0 Å². The Balaban J connectivity index is 3.31. The van der Waals surface area contributed by atoms with E-state index in [1.54, 1.807) is 6.92 Å². The van der Waals surface area contributed by atoms with Crippen LogP contribution in [0.3, 0.4) is 0 Å². The zero-order valence-electron chi connectivity index (χ0n) is 6.80. The number of hydrogen-bond donors (Lipinski definition) is 3. The summed E-state index contributed by atoms with van der Waals surface area (Å²) in [5.74, 6) is -0.868. The van der Waals surface area contributed by atoms with Crippen molar-refractivity contribution in [1.29, 1.82) is 0 Å². The molecule has 0 amide bonds. The molecule has 0 rings (SSSR count). The molecule has 0 spiro atoms. The maximum Gasteiger partial charge on any atom is 0.303 e. The molecule has 0 bridgehead atoms. The minimum atomic E-state index is -0.868. The van der Waals surface area contributed by atoms with Crippen LogP contribution in [0.5, 0.6) is 0 Å². The van der Waals surface area contributed by atoms with Gasteiger partial charge < -0.3 is 5.11 Å². The quantitative estimate of drug-likeness (QED) is 0.518. The van der Waals surface area contributed by atoms with Gasteiger partial charge in [-0.05, 0) is 19.8 Å². The number of hydrogen-bond acceptors (Lipinski definition) is 5. The van der Waals surface area contributed by atoms with Crippen molar-refractivity contribution in [2.24, 2.45) is 0 Å². The summed E-state index contributed by atoms with van der Waals surface area (Å²) < 4.78 is 0. The molecule has 6 nitrogen and oxygen atoms in total. The predicted molar refractivity (Wildman–Crippen MR) is 37.4 cm³/mol. The van der Waals surface area contributed by atoms with Crippen LogP contribution in [0.2, 0.25) is 0 Å². The van der Waals surface area contributed by atoms with Gasteiger partial charge in [-0.2, -0.15) is 0 Å². The van der Waals surface area contributed by atoms with Crippen molar-refractivity contribution < 1.29 is 25.2 Å². The lowest BCUT2D eigenvalue weighted by Gasteiger charge is -2.12. The van der Waals surface area contributed by atoms with Crippen LogP contribution in [-0.2, 0) is 9.63 Å². The number of carboxylic acid groups (broad SMARTS) is 1. The number of aliphatic carboxylic acids is 1. The van der Waals surface area contributed by atoms with Crippen molar-refractivity contribution in [3.8, 4) is 0 Å². The fourth-order valence-electron chi connectivity index (χ4n) is 0.754. The fraction of sp³-hybridized carbons (Fsp3) is 0.833. The molecule has 0 aliphatic rings. The molecule has 0 saturated carbocycles. The Morgan fingerprint density at radius 1 is 1.58 bits per heavy atom. The molecule has 0 aromatic heterocycles. The molecule has 0 radical (unpaired) electrons. The summed E-state index contributed by atoms with van der Waals surface area (Å²) in [5.41, 5.74) is 0. The smallest absolute Gasteiger partial charge is 0.303 e. The van der Waals surface area contributed by atoms with Crippen LogP contribution < -0.4 is 0 Å². The van der Waals surface area contributed by atoms with Crippen LogP contribution in [0.15, 0.2) is 0 Å². The van der Waals surface area contributed by atoms with Gasteiger partial charge in [0, 0.05) is 6.42 Å². The highest BCUT2D eigenvalue weighted by Crippen LogP contribution is 2.04. The topological polar surface area (TPSA) is 90.2 Å². The van der Waals surface area contributed by atoms with E-state index in [-0.39, 0.29) is 11.8 Å². The first kappa shape index (κ1) is 11.3. The van der Waals surface area contributed by atoms with E-state index in [1.165, 1.54) is 0 Å². The molecule has 1 atom stereocenters. The van der Waals surface area contributed by atoms with Gasteiger partial charge in [0.1, 0.15) is 0 Å². The van der Waals surface area contributed by atoms with E-state index in [2.05, 4.69) is 4.84 Å². The highest BCUT2D eigenvalue weighted by atomic mass is 17.1. The zero-order valence-corrected chi connectivity index (χ0v) is 6.80. The SMILES string of the molecule is CC(CCCC(=O)O)ON(O)O. The Morgan fingerprint density at radius 3 is 2.58 bits per heavy atom. The molecule has 12 heavy (non-hydrogen) atoms. The van der Waals surface area contributed by atoms with Gasteiger partial charge in [-0.1, -0.05) is 0 Å². The van der Waals surface area contributed by atoms with Crippen LogP contribution in [-0.4, -0.2) is 33.0 Å². The standard InChI is InChI=1S/C6H13NO5/c1-5(12-7(10)11)3-2-4-6(8)9/h5,10-11H,2-4H2,1H3,(H,8,9). The lowest BCUT2D eigenvalue weighted by molar-refractivity contribution is -0.503. The second-order valence-electron chi connectivity index (χ2n) is 2.45. The molecule has 0 aliphatic carbocycles. The van der Waals surface area contributed by atoms with Crippen LogP contribution in [0.25, 0.3) is 0 Å². The lowest BCUT2D eigenvalue weighted by Crippen LogP contribution is -2.21. The summed E-state index contributed by atoms with van der Waals surface area (Å²) in [7, 11) is 0. The second kappa shape index (κ2) is 5.90. The molecule has 6 heteroatoms. The third kappa shape index (κ3) is 7.42. The fourth-order valence-corrected chi connectivity index (χ4v) is 0.754. The van der Waals surface area contributed by atoms with Gasteiger partial charge in [0.25, 0.3) is 0 Å². The predicted octanol–water partition coefficient (Wildman–Crippen LogP) is 0.642. The van der Waals surface area contributed by atoms with E-state index in [0.717, 1.165) is 0 Å². The minimum Gasteiger partial charge on any atom is -0.481 e. The van der Waals surface area contributed by atoms with Crippen LogP contribution in [0.1, 0.15) is 26.2 Å². The molecule has 1 unspecified atom stereocenters. The highest BCUT2D eigenvalue weighted by Gasteiger charge is 2.06. The Labute approximate surface area is 69.8 Å². The summed E-state index contributed by atoms with van der Waals surface area (Å²) in [6.07, 6.45) is 0.568. The minimum absolute atomic E-state index is 0.0601. The number of carboxylic acids is 1. The molecular weight excluding hydrogens is 166 g/mol. The Hall–Kier alpha value is -0.690. The molecule has 0 aromatic carbocycles. The van der Waals surface area contributed by atoms with Gasteiger partial charge in [-0.3, -0.25) is 15.2 Å². The Morgan fingerprint density at radius 2 is 2.17 bits per heavy atom. The van der Waals surface area contributed by atoms with E-state index in [0.29, 0.717) is 12.8 Å². The van der Waals surface area contributed by atoms with Gasteiger partial charge in [0.2, 0.25) is 0 Å². The first-order chi connectivity index (χ1) is 5.52. The average Bonchev–Trinajstić information content (AvgIpc) is 1.84. The lowest BCUT2D eigenvalue weighted by atomic mass is 10.2. The third-order valence-corrected chi connectivity index (χ3v) is 1.28. The highest BCUT2D eigenvalue weighted by molar-refractivity contribution is 5.66. The van der Waals surface area contributed by atoms with Crippen molar-refractivity contribution >= 4 is 5.97 Å². The summed E-state index contributed by atoms with van der Waals surface area (Å²) in [6, 6.07) is 0. The maximum atomic E-state index is 10.1. The average molecular weight is 179 g/mol. The number of carbonyl (C=O) groups is 1. The summed E-state index contributed by atoms with van der Waals surface area (Å²) in [6.45, 7) is 1.61. The molecule has 0 fully saturated rings. The second-order valence-corrected chi connectivity index (χ2v) is 2.45. The molecule has 0 aliphatic heterocycles. The normalized spacial score (nSPS) is 13.3. The van der Waals surface area contributed by atoms with Gasteiger partial charge in [0.15, 0.2) is 0 Å². The van der Waals surface area contributed by atoms with Gasteiger partial charge >= 0.3 is 5.97 Å². The Kier molecular flexibility index (Phi) is 5.56. The number of rotatable bonds is 6. The van der Waals surface area contributed by atoms with E-state index in [9.17, 15) is 4.79 Å². The third-order valence-electron chi connectivity index (χ3n) is 1.28. The zero-order chi connectivity index (χ0) is 9.56. The van der Waals surface area contributed by atoms with Crippen molar-refractivity contribution in [3.63, 3.8) is 0 Å². The van der Waals surface area contributed by atoms with Crippen LogP contribution in [0.4, 0.5) is 0 Å². The molecule has 0 heterocycles. The van der Waals surface area contributed by atoms with Gasteiger partial charge in [-0.25, -0.2) is 4.84 Å². The van der Waals surface area contributed by atoms with Crippen molar-refractivity contribution in [2.45, 2.75) is 32.3 Å². The molecule has 3 N–H and O–H groups in total. The Bertz CT molecular complexity index is 138. The number of nitrogens with zero attached hydrogens (tertiary/aromatic N) is 1. The summed E-state index contributed by atoms with van der Waals surface area (Å²) >= 11 is 0. The molecule has 0 saturated heterocycles. The largest absolute Gasteiger partial charge is 0.481 e. The van der Waals surface area contributed by atoms with E-state index in [1.807, 2.05) is 0 Å². The first-order valence-electron chi connectivity index (χ1n) is 3.59. The van der Waals surface area contributed by atoms with Gasteiger partial charge in [-0.15, -0.1) is 0 Å². The summed E-state index contributed by atoms with van der Waals surface area (Å²) in [4.78, 5) is 14.4. The van der Waals surface area contributed by atoms with Crippen molar-refractivity contribution in [1.82, 2.24) is 5.39 Å². The monoisotopic (exact) mass is 179 g/mol. The van der Waals surface area contributed by atoms with Crippen molar-refractivity contribution in [2.75, 3.05) is 0 Å². The van der Waals surface area contributed by atoms with E-state index >= 15 is 0 Å². The van der Waals surface area contributed by atoms with E-state index < -0.39 is 12.1 Å². The maximum absolute atomic E-state index is 10.1. The first-order valence-corrected chi connectivity index (χ1v) is 3.59.